The van der Waals surface area contributed by atoms with Gasteiger partial charge in [-0.1, -0.05) is 54.2 Å². The molecular weight excluding hydrogens is 464 g/mol. The normalized spacial score (nSPS) is 22.4. The molecular formula is C26H32N4O2S2. The van der Waals surface area contributed by atoms with Crippen LogP contribution in [0, 0.1) is 11.3 Å². The zero-order chi connectivity index (χ0) is 23.5. The number of hydrogen-bond donors (Lipinski definition) is 0. The Morgan fingerprint density at radius 2 is 1.82 bits per heavy atom. The standard InChI is InChI=1S/C26H32N4O2S2/c1-33-25-27-22(19-34-25)24(32)29-12-9-26(10-13-29)18-21(26)23(31)30-16-14-28(15-17-30)11-5-8-20-6-3-2-4-7-20/h2-8,19,21H,9-18H2,1H3. The van der Waals surface area contributed by atoms with Gasteiger partial charge in [0.1, 0.15) is 10.0 Å². The Labute approximate surface area is 210 Å². The van der Waals surface area contributed by atoms with E-state index in [0.717, 1.165) is 69.4 Å². The third-order valence-electron chi connectivity index (χ3n) is 7.57. The maximum Gasteiger partial charge on any atom is 0.273 e. The third kappa shape index (κ3) is 5.09. The molecule has 2 saturated heterocycles. The molecule has 1 aromatic carbocycles. The molecule has 1 unspecified atom stereocenters. The van der Waals surface area contributed by atoms with Gasteiger partial charge in [-0.05, 0) is 36.5 Å². The SMILES string of the molecule is CSc1nc(C(=O)N2CCC3(CC2)CC3C(=O)N2CCN(CC=Cc3ccccc3)CC2)cs1. The monoisotopic (exact) mass is 496 g/mol. The van der Waals surface area contributed by atoms with Crippen molar-refractivity contribution in [3.8, 4) is 0 Å². The van der Waals surface area contributed by atoms with E-state index in [1.54, 1.807) is 11.8 Å². The quantitative estimate of drug-likeness (QED) is 0.567. The molecule has 1 aromatic heterocycles. The summed E-state index contributed by atoms with van der Waals surface area (Å²) in [6, 6.07) is 10.4. The first-order valence-corrected chi connectivity index (χ1v) is 14.2. The van der Waals surface area contributed by atoms with E-state index < -0.39 is 0 Å². The van der Waals surface area contributed by atoms with Gasteiger partial charge in [0.05, 0.1) is 0 Å². The molecule has 1 saturated carbocycles. The van der Waals surface area contributed by atoms with Gasteiger partial charge in [0.15, 0.2) is 0 Å². The summed E-state index contributed by atoms with van der Waals surface area (Å²) < 4.78 is 0.928. The fourth-order valence-corrected chi connectivity index (χ4v) is 6.52. The number of piperidine rings is 1. The highest BCUT2D eigenvalue weighted by atomic mass is 32.2. The van der Waals surface area contributed by atoms with Crippen molar-refractivity contribution in [2.75, 3.05) is 52.1 Å². The number of nitrogens with zero attached hydrogens (tertiary/aromatic N) is 4. The van der Waals surface area contributed by atoms with Crippen LogP contribution in [0.3, 0.4) is 0 Å². The van der Waals surface area contributed by atoms with E-state index in [4.69, 9.17) is 0 Å². The first-order chi connectivity index (χ1) is 16.6. The van der Waals surface area contributed by atoms with E-state index in [9.17, 15) is 9.59 Å². The zero-order valence-corrected chi connectivity index (χ0v) is 21.3. The van der Waals surface area contributed by atoms with Gasteiger partial charge in [0.25, 0.3) is 5.91 Å². The summed E-state index contributed by atoms with van der Waals surface area (Å²) in [5, 5.41) is 1.86. The minimum Gasteiger partial charge on any atom is -0.340 e. The van der Waals surface area contributed by atoms with Gasteiger partial charge in [0.2, 0.25) is 5.91 Å². The number of rotatable bonds is 6. The van der Waals surface area contributed by atoms with Gasteiger partial charge in [0, 0.05) is 57.1 Å². The minimum atomic E-state index is 0.0346. The van der Waals surface area contributed by atoms with Crippen molar-refractivity contribution in [2.24, 2.45) is 11.3 Å². The summed E-state index contributed by atoms with van der Waals surface area (Å²) in [6.45, 7) is 5.88. The number of hydrogen-bond acceptors (Lipinski definition) is 6. The molecule has 0 bridgehead atoms. The van der Waals surface area contributed by atoms with Gasteiger partial charge in [-0.15, -0.1) is 11.3 Å². The van der Waals surface area contributed by atoms with E-state index in [2.05, 4.69) is 51.2 Å². The van der Waals surface area contributed by atoms with Gasteiger partial charge < -0.3 is 9.80 Å². The van der Waals surface area contributed by atoms with Crippen LogP contribution < -0.4 is 0 Å². The lowest BCUT2D eigenvalue weighted by Gasteiger charge is -2.36. The molecule has 0 N–H and O–H groups in total. The fourth-order valence-electron chi connectivity index (χ4n) is 5.29. The van der Waals surface area contributed by atoms with Crippen LogP contribution >= 0.6 is 23.1 Å². The molecule has 1 atom stereocenters. The maximum atomic E-state index is 13.2. The number of carbonyl (C=O) groups excluding carboxylic acids is 2. The van der Waals surface area contributed by atoms with E-state index in [1.807, 2.05) is 22.6 Å². The number of thiazole rings is 1. The van der Waals surface area contributed by atoms with Crippen molar-refractivity contribution in [1.29, 1.82) is 0 Å². The molecule has 8 heteroatoms. The Bertz CT molecular complexity index is 1040. The number of benzene rings is 1. The highest BCUT2D eigenvalue weighted by Gasteiger charge is 2.59. The summed E-state index contributed by atoms with van der Waals surface area (Å²) in [6.07, 6.45) is 9.20. The Kier molecular flexibility index (Phi) is 7.09. The predicted molar refractivity (Wildman–Crippen MR) is 138 cm³/mol. The van der Waals surface area contributed by atoms with Crippen molar-refractivity contribution in [3.63, 3.8) is 0 Å². The molecule has 34 heavy (non-hydrogen) atoms. The van der Waals surface area contributed by atoms with Gasteiger partial charge >= 0.3 is 0 Å². The van der Waals surface area contributed by atoms with Crippen LogP contribution in [0.1, 0.15) is 35.3 Å². The van der Waals surface area contributed by atoms with Gasteiger partial charge in [-0.25, -0.2) is 4.98 Å². The fraction of sp³-hybridized carbons (Fsp3) is 0.500. The first kappa shape index (κ1) is 23.6. The predicted octanol–water partition coefficient (Wildman–Crippen LogP) is 3.96. The third-order valence-corrected chi connectivity index (χ3v) is 9.43. The summed E-state index contributed by atoms with van der Waals surface area (Å²) in [5.74, 6) is 0.521. The van der Waals surface area contributed by atoms with Crippen LogP contribution in [0.15, 0.2) is 46.1 Å². The topological polar surface area (TPSA) is 56.8 Å². The second-order valence-electron chi connectivity index (χ2n) is 9.55. The second-order valence-corrected chi connectivity index (χ2v) is 11.5. The molecule has 1 spiro atoms. The molecule has 180 valence electrons. The lowest BCUT2D eigenvalue weighted by Crippen LogP contribution is -2.49. The van der Waals surface area contributed by atoms with Crippen LogP contribution in [0.5, 0.6) is 0 Å². The summed E-state index contributed by atoms with van der Waals surface area (Å²) in [4.78, 5) is 36.8. The lowest BCUT2D eigenvalue weighted by molar-refractivity contribution is -0.135. The molecule has 3 fully saturated rings. The van der Waals surface area contributed by atoms with E-state index in [-0.39, 0.29) is 17.2 Å². The molecule has 2 amide bonds. The van der Waals surface area contributed by atoms with Crippen molar-refractivity contribution in [2.45, 2.75) is 23.6 Å². The molecule has 2 aliphatic heterocycles. The molecule has 3 aliphatic rings. The van der Waals surface area contributed by atoms with Crippen LogP contribution in [0.25, 0.3) is 6.08 Å². The van der Waals surface area contributed by atoms with E-state index in [1.165, 1.54) is 16.9 Å². The number of amides is 2. The van der Waals surface area contributed by atoms with Crippen molar-refractivity contribution in [1.82, 2.24) is 19.7 Å². The van der Waals surface area contributed by atoms with Crippen molar-refractivity contribution >= 4 is 41.0 Å². The van der Waals surface area contributed by atoms with E-state index >= 15 is 0 Å². The van der Waals surface area contributed by atoms with Crippen molar-refractivity contribution < 1.29 is 9.59 Å². The van der Waals surface area contributed by atoms with Gasteiger partial charge in [-0.2, -0.15) is 0 Å². The maximum absolute atomic E-state index is 13.2. The molecule has 0 radical (unpaired) electrons. The zero-order valence-electron chi connectivity index (χ0n) is 19.7. The Morgan fingerprint density at radius 1 is 1.09 bits per heavy atom. The van der Waals surface area contributed by atoms with Crippen LogP contribution in [-0.2, 0) is 4.79 Å². The molecule has 5 rings (SSSR count). The molecule has 2 aromatic rings. The van der Waals surface area contributed by atoms with Crippen LogP contribution in [0.2, 0.25) is 0 Å². The van der Waals surface area contributed by atoms with E-state index in [0.29, 0.717) is 11.6 Å². The molecule has 1 aliphatic carbocycles. The highest BCUT2D eigenvalue weighted by molar-refractivity contribution is 8.00. The largest absolute Gasteiger partial charge is 0.340 e. The number of thioether (sulfide) groups is 1. The van der Waals surface area contributed by atoms with Crippen LogP contribution in [-0.4, -0.2) is 83.6 Å². The Balaban J connectivity index is 1.06. The number of piperazine rings is 1. The molecule has 6 nitrogen and oxygen atoms in total. The summed E-state index contributed by atoms with van der Waals surface area (Å²) >= 11 is 3.10. The average Bonchev–Trinajstić information content (AvgIpc) is 3.35. The van der Waals surface area contributed by atoms with Gasteiger partial charge in [-0.3, -0.25) is 14.5 Å². The smallest absolute Gasteiger partial charge is 0.273 e. The Morgan fingerprint density at radius 3 is 2.50 bits per heavy atom. The minimum absolute atomic E-state index is 0.0346. The summed E-state index contributed by atoms with van der Waals surface area (Å²) in [5.41, 5.74) is 1.90. The lowest BCUT2D eigenvalue weighted by atomic mass is 9.90. The second kappa shape index (κ2) is 10.2. The van der Waals surface area contributed by atoms with Crippen LogP contribution in [0.4, 0.5) is 0 Å². The molecule has 3 heterocycles. The number of likely N-dealkylation sites (tertiary alicyclic amines) is 1. The van der Waals surface area contributed by atoms with Crippen molar-refractivity contribution in [3.05, 3.63) is 53.0 Å². The number of carbonyl (C=O) groups is 2. The summed E-state index contributed by atoms with van der Waals surface area (Å²) in [7, 11) is 0. The number of aromatic nitrogens is 1. The first-order valence-electron chi connectivity index (χ1n) is 12.1. The highest BCUT2D eigenvalue weighted by Crippen LogP contribution is 2.60. The average molecular weight is 497 g/mol. The Hall–Kier alpha value is -2.16.